The van der Waals surface area contributed by atoms with Gasteiger partial charge in [-0.15, -0.1) is 0 Å². The number of aliphatic hydroxyl groups excluding tert-OH is 1. The minimum Gasteiger partial charge on any atom is -0.392 e. The van der Waals surface area contributed by atoms with Crippen LogP contribution in [-0.4, -0.2) is 52.3 Å². The molecule has 1 saturated heterocycles. The van der Waals surface area contributed by atoms with E-state index in [0.717, 1.165) is 44.0 Å². The van der Waals surface area contributed by atoms with Gasteiger partial charge in [-0.3, -0.25) is 0 Å². The molecule has 116 valence electrons. The minimum atomic E-state index is -0.223. The Kier molecular flexibility index (Phi) is 4.70. The number of likely N-dealkylation sites (tertiary alicyclic amines) is 1. The van der Waals surface area contributed by atoms with Crippen molar-refractivity contribution in [3.63, 3.8) is 0 Å². The van der Waals surface area contributed by atoms with Crippen molar-refractivity contribution in [3.8, 4) is 0 Å². The summed E-state index contributed by atoms with van der Waals surface area (Å²) in [5.41, 5.74) is 0. The molecule has 2 aliphatic rings. The van der Waals surface area contributed by atoms with Crippen LogP contribution in [0.15, 0.2) is 18.5 Å². The first kappa shape index (κ1) is 14.7. The van der Waals surface area contributed by atoms with Crippen LogP contribution in [0.1, 0.15) is 26.2 Å². The number of nitrogens with zero attached hydrogens (tertiary/aromatic N) is 3. The Balaban J connectivity index is 1.56. The van der Waals surface area contributed by atoms with Gasteiger partial charge in [-0.1, -0.05) is 6.42 Å². The molecule has 3 rings (SSSR count). The zero-order chi connectivity index (χ0) is 14.7. The van der Waals surface area contributed by atoms with Crippen molar-refractivity contribution in [1.29, 1.82) is 0 Å². The van der Waals surface area contributed by atoms with Crippen LogP contribution in [0.4, 0.5) is 5.95 Å². The van der Waals surface area contributed by atoms with E-state index in [4.69, 9.17) is 0 Å². The van der Waals surface area contributed by atoms with Crippen molar-refractivity contribution in [2.45, 2.75) is 32.3 Å². The van der Waals surface area contributed by atoms with E-state index < -0.39 is 0 Å². The van der Waals surface area contributed by atoms with Crippen LogP contribution < -0.4 is 5.32 Å². The third-order valence-corrected chi connectivity index (χ3v) is 4.93. The third kappa shape index (κ3) is 3.71. The second-order valence-corrected chi connectivity index (χ2v) is 6.64. The summed E-state index contributed by atoms with van der Waals surface area (Å²) in [6, 6.07) is 1.84. The zero-order valence-electron chi connectivity index (χ0n) is 12.8. The quantitative estimate of drug-likeness (QED) is 0.863. The van der Waals surface area contributed by atoms with Crippen molar-refractivity contribution in [2.24, 2.45) is 17.8 Å². The molecule has 1 aliphatic carbocycles. The first-order valence-electron chi connectivity index (χ1n) is 8.13. The van der Waals surface area contributed by atoms with Gasteiger partial charge in [-0.2, -0.15) is 0 Å². The normalized spacial score (nSPS) is 30.9. The van der Waals surface area contributed by atoms with Gasteiger partial charge in [0.2, 0.25) is 5.95 Å². The lowest BCUT2D eigenvalue weighted by Gasteiger charge is -2.33. The maximum atomic E-state index is 9.59. The highest BCUT2D eigenvalue weighted by Crippen LogP contribution is 2.40. The number of rotatable bonds is 5. The van der Waals surface area contributed by atoms with Gasteiger partial charge in [0.1, 0.15) is 0 Å². The van der Waals surface area contributed by atoms with Gasteiger partial charge in [0.05, 0.1) is 6.10 Å². The first-order valence-corrected chi connectivity index (χ1v) is 8.13. The van der Waals surface area contributed by atoms with E-state index >= 15 is 0 Å². The molecule has 1 unspecified atom stereocenters. The Hall–Kier alpha value is -1.20. The fourth-order valence-electron chi connectivity index (χ4n) is 4.07. The molecule has 1 aromatic heterocycles. The van der Waals surface area contributed by atoms with E-state index in [9.17, 15) is 5.11 Å². The van der Waals surface area contributed by atoms with Gasteiger partial charge in [0, 0.05) is 38.6 Å². The van der Waals surface area contributed by atoms with Crippen LogP contribution in [0, 0.1) is 17.8 Å². The molecule has 2 N–H and O–H groups in total. The lowest BCUT2D eigenvalue weighted by atomic mass is 9.74. The highest BCUT2D eigenvalue weighted by Gasteiger charge is 2.40. The molecule has 0 aromatic carbocycles. The molecule has 5 nitrogen and oxygen atoms in total. The van der Waals surface area contributed by atoms with E-state index in [1.807, 2.05) is 13.0 Å². The summed E-state index contributed by atoms with van der Waals surface area (Å²) in [6.07, 6.45) is 7.30. The molecule has 2 fully saturated rings. The smallest absolute Gasteiger partial charge is 0.222 e. The fraction of sp³-hybridized carbons (Fsp3) is 0.750. The number of hydrogen-bond donors (Lipinski definition) is 2. The highest BCUT2D eigenvalue weighted by atomic mass is 16.3. The largest absolute Gasteiger partial charge is 0.392 e. The molecule has 2 heterocycles. The van der Waals surface area contributed by atoms with E-state index in [2.05, 4.69) is 20.2 Å². The molecule has 4 atom stereocenters. The summed E-state index contributed by atoms with van der Waals surface area (Å²) in [4.78, 5) is 10.9. The summed E-state index contributed by atoms with van der Waals surface area (Å²) in [7, 11) is 0. The monoisotopic (exact) mass is 290 g/mol. The predicted octanol–water partition coefficient (Wildman–Crippen LogP) is 1.62. The molecule has 0 bridgehead atoms. The summed E-state index contributed by atoms with van der Waals surface area (Å²) in [6.45, 7) is 5.96. The molecule has 1 saturated carbocycles. The van der Waals surface area contributed by atoms with Crippen molar-refractivity contribution in [3.05, 3.63) is 18.5 Å². The van der Waals surface area contributed by atoms with Crippen molar-refractivity contribution >= 4 is 5.95 Å². The maximum Gasteiger partial charge on any atom is 0.222 e. The maximum absolute atomic E-state index is 9.59. The van der Waals surface area contributed by atoms with E-state index in [0.29, 0.717) is 5.92 Å². The number of anilines is 1. The van der Waals surface area contributed by atoms with E-state index in [1.54, 1.807) is 12.4 Å². The lowest BCUT2D eigenvalue weighted by Crippen LogP contribution is -2.33. The summed E-state index contributed by atoms with van der Waals surface area (Å²) < 4.78 is 0. The summed E-state index contributed by atoms with van der Waals surface area (Å²) >= 11 is 0. The van der Waals surface area contributed by atoms with Crippen LogP contribution in [0.25, 0.3) is 0 Å². The Morgan fingerprint density at radius 1 is 1.33 bits per heavy atom. The average Bonchev–Trinajstić information content (AvgIpc) is 2.88. The van der Waals surface area contributed by atoms with Gasteiger partial charge in [0.25, 0.3) is 0 Å². The standard InChI is InChI=1S/C16H26N4O/c1-12(21)9-20-10-14-5-2-4-13(15(14)11-20)8-19-16-17-6-3-7-18-16/h3,6-7,12-15,21H,2,4-5,8-11H2,1H3,(H,17,18,19)/t12?,13-,14+,15+/m1/s1. The predicted molar refractivity (Wildman–Crippen MR) is 83.0 cm³/mol. The molecular weight excluding hydrogens is 264 g/mol. The molecule has 5 heteroatoms. The SMILES string of the molecule is CC(O)CN1C[C@@H]2CCC[C@H](CNc3ncccn3)[C@@H]2C1. The van der Waals surface area contributed by atoms with Gasteiger partial charge in [-0.25, -0.2) is 9.97 Å². The zero-order valence-corrected chi connectivity index (χ0v) is 12.8. The lowest BCUT2D eigenvalue weighted by molar-refractivity contribution is 0.136. The minimum absolute atomic E-state index is 0.223. The van der Waals surface area contributed by atoms with Crippen molar-refractivity contribution < 1.29 is 5.11 Å². The molecule has 1 aliphatic heterocycles. The Labute approximate surface area is 126 Å². The topological polar surface area (TPSA) is 61.3 Å². The average molecular weight is 290 g/mol. The first-order chi connectivity index (χ1) is 10.2. The number of nitrogens with one attached hydrogen (secondary N) is 1. The summed E-state index contributed by atoms with van der Waals surface area (Å²) in [5.74, 6) is 3.00. The number of aliphatic hydroxyl groups is 1. The molecule has 21 heavy (non-hydrogen) atoms. The Morgan fingerprint density at radius 2 is 2.14 bits per heavy atom. The summed E-state index contributed by atoms with van der Waals surface area (Å²) in [5, 5.41) is 13.0. The number of hydrogen-bond acceptors (Lipinski definition) is 5. The van der Waals surface area contributed by atoms with E-state index in [1.165, 1.54) is 19.3 Å². The molecule has 0 amide bonds. The van der Waals surface area contributed by atoms with Crippen LogP contribution in [0.5, 0.6) is 0 Å². The number of aromatic nitrogens is 2. The Bertz CT molecular complexity index is 439. The fourth-order valence-corrected chi connectivity index (χ4v) is 4.07. The van der Waals surface area contributed by atoms with Crippen LogP contribution in [-0.2, 0) is 0 Å². The number of β-amino-alcohol motifs (C(OH)–C–C–N with tert-alkyl or cyclic N) is 1. The number of fused-ring (bicyclic) bond motifs is 1. The van der Waals surface area contributed by atoms with Crippen molar-refractivity contribution in [2.75, 3.05) is 31.5 Å². The molecular formula is C16H26N4O. The van der Waals surface area contributed by atoms with Gasteiger partial charge in [-0.05, 0) is 43.6 Å². The van der Waals surface area contributed by atoms with Crippen LogP contribution in [0.2, 0.25) is 0 Å². The molecule has 0 spiro atoms. The van der Waals surface area contributed by atoms with Crippen molar-refractivity contribution in [1.82, 2.24) is 14.9 Å². The van der Waals surface area contributed by atoms with Gasteiger partial charge >= 0.3 is 0 Å². The van der Waals surface area contributed by atoms with E-state index in [-0.39, 0.29) is 6.10 Å². The Morgan fingerprint density at radius 3 is 2.90 bits per heavy atom. The van der Waals surface area contributed by atoms with Crippen LogP contribution in [0.3, 0.4) is 0 Å². The highest BCUT2D eigenvalue weighted by molar-refractivity contribution is 5.22. The third-order valence-electron chi connectivity index (χ3n) is 4.93. The molecule has 0 radical (unpaired) electrons. The second kappa shape index (κ2) is 6.71. The second-order valence-electron chi connectivity index (χ2n) is 6.64. The van der Waals surface area contributed by atoms with Gasteiger partial charge in [0.15, 0.2) is 0 Å². The molecule has 1 aromatic rings. The van der Waals surface area contributed by atoms with Crippen LogP contribution >= 0.6 is 0 Å². The van der Waals surface area contributed by atoms with Gasteiger partial charge < -0.3 is 15.3 Å².